The molecule has 0 saturated carbocycles. The monoisotopic (exact) mass is 263 g/mol. The largest absolute Gasteiger partial charge is 0.381 e. The van der Waals surface area contributed by atoms with Crippen LogP contribution in [0.25, 0.3) is 0 Å². The topological polar surface area (TPSA) is 39.1 Å². The van der Waals surface area contributed by atoms with Crippen LogP contribution in [-0.2, 0) is 18.2 Å². The number of hydrogen-bond donors (Lipinski definition) is 1. The maximum absolute atomic E-state index is 5.46. The molecule has 3 rings (SSSR count). The minimum absolute atomic E-state index is 0.496. The Bertz CT molecular complexity index is 423. The summed E-state index contributed by atoms with van der Waals surface area (Å²) >= 11 is 0. The lowest BCUT2D eigenvalue weighted by atomic mass is 9.88. The van der Waals surface area contributed by atoms with Crippen molar-refractivity contribution in [1.82, 2.24) is 15.1 Å². The van der Waals surface area contributed by atoms with Crippen LogP contribution in [-0.4, -0.2) is 29.0 Å². The zero-order valence-corrected chi connectivity index (χ0v) is 12.1. The lowest BCUT2D eigenvalue weighted by Gasteiger charge is -2.33. The van der Waals surface area contributed by atoms with Crippen LogP contribution in [0.3, 0.4) is 0 Å². The third-order valence-electron chi connectivity index (χ3n) is 4.81. The van der Waals surface area contributed by atoms with Gasteiger partial charge < -0.3 is 10.1 Å². The summed E-state index contributed by atoms with van der Waals surface area (Å²) < 4.78 is 7.50. The van der Waals surface area contributed by atoms with Gasteiger partial charge in [0, 0.05) is 43.6 Å². The summed E-state index contributed by atoms with van der Waals surface area (Å²) in [5.41, 5.74) is 2.84. The van der Waals surface area contributed by atoms with E-state index in [1.54, 1.807) is 0 Å². The third-order valence-corrected chi connectivity index (χ3v) is 4.81. The second-order valence-electron chi connectivity index (χ2n) is 6.02. The molecule has 1 aliphatic heterocycles. The molecule has 19 heavy (non-hydrogen) atoms. The van der Waals surface area contributed by atoms with Gasteiger partial charge in [-0.3, -0.25) is 4.68 Å². The molecule has 1 fully saturated rings. The minimum atomic E-state index is 0.496. The first-order valence-electron chi connectivity index (χ1n) is 7.60. The van der Waals surface area contributed by atoms with Gasteiger partial charge in [-0.05, 0) is 44.9 Å². The molecule has 0 bridgehead atoms. The van der Waals surface area contributed by atoms with Crippen LogP contribution in [0.2, 0.25) is 0 Å². The molecule has 1 aliphatic carbocycles. The van der Waals surface area contributed by atoms with E-state index in [0.29, 0.717) is 12.1 Å². The second kappa shape index (κ2) is 5.63. The summed E-state index contributed by atoms with van der Waals surface area (Å²) in [6, 6.07) is 1.07. The first kappa shape index (κ1) is 13.1. The lowest BCUT2D eigenvalue weighted by molar-refractivity contribution is 0.0540. The predicted octanol–water partition coefficient (Wildman–Crippen LogP) is 2.20. The zero-order chi connectivity index (χ0) is 13.2. The minimum Gasteiger partial charge on any atom is -0.381 e. The SMILES string of the molecule is CC(NC1CCCc2c1cnn2C)C1CCOCC1. The van der Waals surface area contributed by atoms with Crippen LogP contribution in [0, 0.1) is 5.92 Å². The Morgan fingerprint density at radius 3 is 2.95 bits per heavy atom. The van der Waals surface area contributed by atoms with Gasteiger partial charge in [0.05, 0.1) is 6.20 Å². The molecule has 0 radical (unpaired) electrons. The smallest absolute Gasteiger partial charge is 0.0540 e. The van der Waals surface area contributed by atoms with E-state index in [-0.39, 0.29) is 0 Å². The number of aromatic nitrogens is 2. The molecule has 1 saturated heterocycles. The number of ether oxygens (including phenoxy) is 1. The van der Waals surface area contributed by atoms with Gasteiger partial charge in [0.1, 0.15) is 0 Å². The maximum atomic E-state index is 5.46. The van der Waals surface area contributed by atoms with E-state index in [9.17, 15) is 0 Å². The molecule has 0 spiro atoms. The quantitative estimate of drug-likeness (QED) is 0.908. The molecule has 4 heteroatoms. The fraction of sp³-hybridized carbons (Fsp3) is 0.800. The molecule has 1 N–H and O–H groups in total. The molecule has 2 aliphatic rings. The van der Waals surface area contributed by atoms with Gasteiger partial charge in [0.2, 0.25) is 0 Å². The highest BCUT2D eigenvalue weighted by Crippen LogP contribution is 2.31. The van der Waals surface area contributed by atoms with Crippen LogP contribution >= 0.6 is 0 Å². The normalized spacial score (nSPS) is 26.1. The third kappa shape index (κ3) is 2.70. The first-order valence-corrected chi connectivity index (χ1v) is 7.60. The Morgan fingerprint density at radius 2 is 2.16 bits per heavy atom. The van der Waals surface area contributed by atoms with Crippen molar-refractivity contribution >= 4 is 0 Å². The molecule has 2 atom stereocenters. The Labute approximate surface area is 115 Å². The van der Waals surface area contributed by atoms with Crippen molar-refractivity contribution in [1.29, 1.82) is 0 Å². The van der Waals surface area contributed by atoms with Crippen LogP contribution in [0.1, 0.15) is 49.9 Å². The van der Waals surface area contributed by atoms with Crippen LogP contribution in [0.5, 0.6) is 0 Å². The van der Waals surface area contributed by atoms with Crippen LogP contribution < -0.4 is 5.32 Å². The highest BCUT2D eigenvalue weighted by Gasteiger charge is 2.27. The molecule has 0 aromatic carbocycles. The number of nitrogens with one attached hydrogen (secondary N) is 1. The fourth-order valence-electron chi connectivity index (χ4n) is 3.55. The summed E-state index contributed by atoms with van der Waals surface area (Å²) in [6.45, 7) is 4.19. The maximum Gasteiger partial charge on any atom is 0.0540 e. The lowest BCUT2D eigenvalue weighted by Crippen LogP contribution is -2.39. The molecular formula is C15H25N3O. The van der Waals surface area contributed by atoms with Gasteiger partial charge in [0.25, 0.3) is 0 Å². The average Bonchev–Trinajstić information content (AvgIpc) is 2.83. The van der Waals surface area contributed by atoms with Gasteiger partial charge in [-0.25, -0.2) is 0 Å². The molecule has 4 nitrogen and oxygen atoms in total. The van der Waals surface area contributed by atoms with Gasteiger partial charge >= 0.3 is 0 Å². The van der Waals surface area contributed by atoms with Crippen molar-refractivity contribution in [3.05, 3.63) is 17.5 Å². The van der Waals surface area contributed by atoms with Crippen molar-refractivity contribution < 1.29 is 4.74 Å². The Hall–Kier alpha value is -0.870. The summed E-state index contributed by atoms with van der Waals surface area (Å²) in [5, 5.41) is 8.27. The highest BCUT2D eigenvalue weighted by molar-refractivity contribution is 5.24. The van der Waals surface area contributed by atoms with Crippen molar-refractivity contribution in [3.8, 4) is 0 Å². The zero-order valence-electron chi connectivity index (χ0n) is 12.1. The van der Waals surface area contributed by atoms with Crippen molar-refractivity contribution in [3.63, 3.8) is 0 Å². The van der Waals surface area contributed by atoms with E-state index in [0.717, 1.165) is 19.1 Å². The van der Waals surface area contributed by atoms with Gasteiger partial charge in [-0.2, -0.15) is 5.10 Å². The van der Waals surface area contributed by atoms with Crippen molar-refractivity contribution in [2.24, 2.45) is 13.0 Å². The van der Waals surface area contributed by atoms with Gasteiger partial charge in [0.15, 0.2) is 0 Å². The van der Waals surface area contributed by atoms with E-state index in [1.165, 1.54) is 43.4 Å². The summed E-state index contributed by atoms with van der Waals surface area (Å²) in [5.74, 6) is 0.760. The molecule has 106 valence electrons. The van der Waals surface area contributed by atoms with E-state index < -0.39 is 0 Å². The highest BCUT2D eigenvalue weighted by atomic mass is 16.5. The second-order valence-corrected chi connectivity index (χ2v) is 6.02. The van der Waals surface area contributed by atoms with Crippen LogP contribution in [0.15, 0.2) is 6.20 Å². The first-order chi connectivity index (χ1) is 9.25. The van der Waals surface area contributed by atoms with Crippen molar-refractivity contribution in [2.45, 2.75) is 51.1 Å². The summed E-state index contributed by atoms with van der Waals surface area (Å²) in [7, 11) is 2.06. The molecule has 2 heterocycles. The van der Waals surface area contributed by atoms with E-state index in [4.69, 9.17) is 4.74 Å². The van der Waals surface area contributed by atoms with Crippen LogP contribution in [0.4, 0.5) is 0 Å². The Kier molecular flexibility index (Phi) is 3.89. The average molecular weight is 263 g/mol. The number of aryl methyl sites for hydroxylation is 1. The van der Waals surface area contributed by atoms with Crippen molar-refractivity contribution in [2.75, 3.05) is 13.2 Å². The number of nitrogens with zero attached hydrogens (tertiary/aromatic N) is 2. The van der Waals surface area contributed by atoms with E-state index in [2.05, 4.69) is 30.6 Å². The molecule has 0 amide bonds. The van der Waals surface area contributed by atoms with E-state index >= 15 is 0 Å². The number of rotatable bonds is 3. The molecular weight excluding hydrogens is 238 g/mol. The summed E-state index contributed by atoms with van der Waals surface area (Å²) in [4.78, 5) is 0. The van der Waals surface area contributed by atoms with Gasteiger partial charge in [-0.15, -0.1) is 0 Å². The summed E-state index contributed by atoms with van der Waals surface area (Å²) in [6.07, 6.45) is 8.14. The fourth-order valence-corrected chi connectivity index (χ4v) is 3.55. The Balaban J connectivity index is 1.66. The Morgan fingerprint density at radius 1 is 1.37 bits per heavy atom. The number of fused-ring (bicyclic) bond motifs is 1. The van der Waals surface area contributed by atoms with E-state index in [1.807, 2.05) is 4.68 Å². The van der Waals surface area contributed by atoms with Gasteiger partial charge in [-0.1, -0.05) is 0 Å². The predicted molar refractivity (Wildman–Crippen MR) is 75.0 cm³/mol. The molecule has 1 aromatic rings. The standard InChI is InChI=1S/C15H25N3O/c1-11(12-6-8-19-9-7-12)17-14-4-3-5-15-13(14)10-16-18(15)2/h10-12,14,17H,3-9H2,1-2H3. The number of hydrogen-bond acceptors (Lipinski definition) is 3. The molecule has 1 aromatic heterocycles. The molecule has 2 unspecified atom stereocenters.